The van der Waals surface area contributed by atoms with Crippen molar-refractivity contribution in [2.24, 2.45) is 0 Å². The highest BCUT2D eigenvalue weighted by Gasteiger charge is 2.29. The number of nitrogens with one attached hydrogen (secondary N) is 3. The third kappa shape index (κ3) is 2.67. The average Bonchev–Trinajstić information content (AvgIpc) is 3.29. The van der Waals surface area contributed by atoms with Crippen LogP contribution in [0.25, 0.3) is 0 Å². The SMILES string of the molecule is O=C(CN1Cc2ccccc2C1=O)Nc1cn[nH]c1C1CCNC1. The highest BCUT2D eigenvalue weighted by Crippen LogP contribution is 2.27. The largest absolute Gasteiger partial charge is 0.325 e. The summed E-state index contributed by atoms with van der Waals surface area (Å²) in [5, 5.41) is 13.2. The zero-order chi connectivity index (χ0) is 16.5. The van der Waals surface area contributed by atoms with E-state index in [1.165, 1.54) is 0 Å². The van der Waals surface area contributed by atoms with Gasteiger partial charge in [0.15, 0.2) is 0 Å². The van der Waals surface area contributed by atoms with Crippen LogP contribution in [0.4, 0.5) is 5.69 Å². The van der Waals surface area contributed by atoms with E-state index in [-0.39, 0.29) is 18.4 Å². The molecule has 1 unspecified atom stereocenters. The number of anilines is 1. The Kier molecular flexibility index (Phi) is 3.78. The number of amides is 2. The summed E-state index contributed by atoms with van der Waals surface area (Å²) in [6.07, 6.45) is 2.65. The number of nitrogens with zero attached hydrogens (tertiary/aromatic N) is 2. The molecule has 7 nitrogen and oxygen atoms in total. The number of hydrogen-bond acceptors (Lipinski definition) is 4. The second kappa shape index (κ2) is 6.09. The first kappa shape index (κ1) is 14.9. The van der Waals surface area contributed by atoms with Gasteiger partial charge in [0.25, 0.3) is 5.91 Å². The first-order valence-corrected chi connectivity index (χ1v) is 8.13. The molecule has 2 aromatic rings. The van der Waals surface area contributed by atoms with Gasteiger partial charge in [-0.15, -0.1) is 0 Å². The number of carbonyl (C=O) groups is 2. The van der Waals surface area contributed by atoms with E-state index in [0.29, 0.717) is 23.7 Å². The van der Waals surface area contributed by atoms with Crippen molar-refractivity contribution in [2.75, 3.05) is 25.0 Å². The van der Waals surface area contributed by atoms with Crippen molar-refractivity contribution < 1.29 is 9.59 Å². The van der Waals surface area contributed by atoms with Gasteiger partial charge in [-0.3, -0.25) is 14.7 Å². The molecule has 1 aromatic carbocycles. The van der Waals surface area contributed by atoms with Crippen LogP contribution in [0.1, 0.15) is 34.0 Å². The Hall–Kier alpha value is -2.67. The minimum Gasteiger partial charge on any atom is -0.325 e. The van der Waals surface area contributed by atoms with Crippen molar-refractivity contribution in [3.8, 4) is 0 Å². The van der Waals surface area contributed by atoms with E-state index in [0.717, 1.165) is 30.8 Å². The molecular weight excluding hydrogens is 306 g/mol. The van der Waals surface area contributed by atoms with Crippen LogP contribution < -0.4 is 10.6 Å². The Morgan fingerprint density at radius 2 is 2.25 bits per heavy atom. The van der Waals surface area contributed by atoms with Gasteiger partial charge in [0.1, 0.15) is 6.54 Å². The molecule has 1 saturated heterocycles. The molecule has 2 aliphatic rings. The molecule has 2 aliphatic heterocycles. The van der Waals surface area contributed by atoms with Crippen LogP contribution in [0.5, 0.6) is 0 Å². The Balaban J connectivity index is 1.42. The molecule has 24 heavy (non-hydrogen) atoms. The number of rotatable bonds is 4. The number of carbonyl (C=O) groups excluding carboxylic acids is 2. The van der Waals surface area contributed by atoms with Crippen LogP contribution in [-0.2, 0) is 11.3 Å². The summed E-state index contributed by atoms with van der Waals surface area (Å²) in [5.41, 5.74) is 3.31. The van der Waals surface area contributed by atoms with Crippen molar-refractivity contribution in [2.45, 2.75) is 18.9 Å². The van der Waals surface area contributed by atoms with Gasteiger partial charge in [0, 0.05) is 24.6 Å². The van der Waals surface area contributed by atoms with Crippen molar-refractivity contribution in [1.82, 2.24) is 20.4 Å². The molecule has 0 radical (unpaired) electrons. The number of aromatic amines is 1. The monoisotopic (exact) mass is 325 g/mol. The fraction of sp³-hybridized carbons (Fsp3) is 0.353. The Bertz CT molecular complexity index is 779. The number of aromatic nitrogens is 2. The topological polar surface area (TPSA) is 90.1 Å². The minimum atomic E-state index is -0.204. The predicted molar refractivity (Wildman–Crippen MR) is 88.6 cm³/mol. The highest BCUT2D eigenvalue weighted by atomic mass is 16.2. The lowest BCUT2D eigenvalue weighted by atomic mass is 10.0. The van der Waals surface area contributed by atoms with E-state index in [1.54, 1.807) is 17.2 Å². The lowest BCUT2D eigenvalue weighted by molar-refractivity contribution is -0.116. The van der Waals surface area contributed by atoms with Gasteiger partial charge in [-0.2, -0.15) is 5.10 Å². The zero-order valence-electron chi connectivity index (χ0n) is 13.2. The van der Waals surface area contributed by atoms with Gasteiger partial charge < -0.3 is 15.5 Å². The van der Waals surface area contributed by atoms with Gasteiger partial charge in [-0.1, -0.05) is 18.2 Å². The number of hydrogen-bond donors (Lipinski definition) is 3. The summed E-state index contributed by atoms with van der Waals surface area (Å²) in [6, 6.07) is 7.47. The van der Waals surface area contributed by atoms with Gasteiger partial charge in [-0.25, -0.2) is 0 Å². The summed E-state index contributed by atoms with van der Waals surface area (Å²) in [6.45, 7) is 2.37. The van der Waals surface area contributed by atoms with Crippen LogP contribution >= 0.6 is 0 Å². The van der Waals surface area contributed by atoms with Crippen LogP contribution in [0, 0.1) is 0 Å². The van der Waals surface area contributed by atoms with Crippen LogP contribution in [0.3, 0.4) is 0 Å². The number of benzene rings is 1. The highest BCUT2D eigenvalue weighted by molar-refractivity contribution is 6.02. The van der Waals surface area contributed by atoms with Crippen LogP contribution in [-0.4, -0.2) is 46.5 Å². The Morgan fingerprint density at radius 1 is 1.38 bits per heavy atom. The summed E-state index contributed by atoms with van der Waals surface area (Å²) < 4.78 is 0. The second-order valence-electron chi connectivity index (χ2n) is 6.25. The molecule has 3 N–H and O–H groups in total. The Morgan fingerprint density at radius 3 is 3.04 bits per heavy atom. The van der Waals surface area contributed by atoms with E-state index in [4.69, 9.17) is 0 Å². The lowest BCUT2D eigenvalue weighted by Gasteiger charge is -2.16. The fourth-order valence-electron chi connectivity index (χ4n) is 3.41. The molecule has 0 bridgehead atoms. The van der Waals surface area contributed by atoms with Gasteiger partial charge in [-0.05, 0) is 24.6 Å². The molecule has 124 valence electrons. The van der Waals surface area contributed by atoms with Crippen LogP contribution in [0.2, 0.25) is 0 Å². The zero-order valence-corrected chi connectivity index (χ0v) is 13.2. The molecule has 0 saturated carbocycles. The van der Waals surface area contributed by atoms with Crippen molar-refractivity contribution in [1.29, 1.82) is 0 Å². The molecule has 0 spiro atoms. The number of H-pyrrole nitrogens is 1. The van der Waals surface area contributed by atoms with Crippen molar-refractivity contribution >= 4 is 17.5 Å². The molecule has 3 heterocycles. The maximum atomic E-state index is 12.4. The quantitative estimate of drug-likeness (QED) is 0.785. The van der Waals surface area contributed by atoms with Crippen LogP contribution in [0.15, 0.2) is 30.5 Å². The smallest absolute Gasteiger partial charge is 0.254 e. The number of fused-ring (bicyclic) bond motifs is 1. The summed E-state index contributed by atoms with van der Waals surface area (Å²) >= 11 is 0. The predicted octanol–water partition coefficient (Wildman–Crippen LogP) is 1.08. The maximum absolute atomic E-state index is 12.4. The average molecular weight is 325 g/mol. The third-order valence-corrected chi connectivity index (χ3v) is 4.64. The molecule has 4 rings (SSSR count). The normalized spacial score (nSPS) is 19.6. The first-order valence-electron chi connectivity index (χ1n) is 8.13. The molecular formula is C17H19N5O2. The maximum Gasteiger partial charge on any atom is 0.254 e. The fourth-order valence-corrected chi connectivity index (χ4v) is 3.41. The second-order valence-corrected chi connectivity index (χ2v) is 6.25. The first-order chi connectivity index (χ1) is 11.7. The van der Waals surface area contributed by atoms with E-state index in [1.807, 2.05) is 18.2 Å². The minimum absolute atomic E-state index is 0.0427. The molecule has 7 heteroatoms. The molecule has 0 aliphatic carbocycles. The third-order valence-electron chi connectivity index (χ3n) is 4.64. The molecule has 1 atom stereocenters. The summed E-state index contributed by atoms with van der Waals surface area (Å²) in [4.78, 5) is 26.3. The lowest BCUT2D eigenvalue weighted by Crippen LogP contribution is -2.33. The van der Waals surface area contributed by atoms with Crippen molar-refractivity contribution in [3.05, 3.63) is 47.3 Å². The summed E-state index contributed by atoms with van der Waals surface area (Å²) in [7, 11) is 0. The van der Waals surface area contributed by atoms with E-state index >= 15 is 0 Å². The molecule has 1 aromatic heterocycles. The van der Waals surface area contributed by atoms with Gasteiger partial charge in [0.2, 0.25) is 5.91 Å². The Labute approximate surface area is 139 Å². The standard InChI is InChI=1S/C17H19N5O2/c23-15(10-22-9-12-3-1-2-4-13(12)17(22)24)20-14-8-19-21-16(14)11-5-6-18-7-11/h1-4,8,11,18H,5-7,9-10H2,(H,19,21)(H,20,23). The van der Waals surface area contributed by atoms with Gasteiger partial charge in [0.05, 0.1) is 17.6 Å². The van der Waals surface area contributed by atoms with E-state index < -0.39 is 0 Å². The van der Waals surface area contributed by atoms with E-state index in [9.17, 15) is 9.59 Å². The molecule has 1 fully saturated rings. The van der Waals surface area contributed by atoms with Gasteiger partial charge >= 0.3 is 0 Å². The summed E-state index contributed by atoms with van der Waals surface area (Å²) in [5.74, 6) is 0.0402. The molecule has 2 amide bonds. The van der Waals surface area contributed by atoms with Crippen molar-refractivity contribution in [3.63, 3.8) is 0 Å². The van der Waals surface area contributed by atoms with E-state index in [2.05, 4.69) is 20.8 Å².